The lowest BCUT2D eigenvalue weighted by Crippen LogP contribution is -2.01. The van der Waals surface area contributed by atoms with Gasteiger partial charge in [-0.2, -0.15) is 5.10 Å². The normalized spacial score (nSPS) is 10.7. The lowest BCUT2D eigenvalue weighted by atomic mass is 10.2. The number of hydrogen-bond acceptors (Lipinski definition) is 6. The fourth-order valence-corrected chi connectivity index (χ4v) is 2.50. The summed E-state index contributed by atoms with van der Waals surface area (Å²) in [6.45, 7) is 2.62. The third-order valence-electron chi connectivity index (χ3n) is 3.49. The number of nitrogens with zero attached hydrogens (tertiary/aromatic N) is 1. The standard InChI is InChI=1S/C19H23ClN2O4/c1-5-8-26-19-17(24-3)9-13(10-18(19)25-4)12-21-22-14-6-7-16(23-2)15(20)11-14/h6-7,9-12,22H,5,8H2,1-4H3/b21-12+. The Morgan fingerprint density at radius 3 is 2.19 bits per heavy atom. The fraction of sp³-hybridized carbons (Fsp3) is 0.316. The number of ether oxygens (including phenoxy) is 4. The Bertz CT molecular complexity index is 740. The van der Waals surface area contributed by atoms with Crippen molar-refractivity contribution in [2.24, 2.45) is 5.10 Å². The van der Waals surface area contributed by atoms with Gasteiger partial charge in [0, 0.05) is 5.56 Å². The minimum Gasteiger partial charge on any atom is -0.495 e. The van der Waals surface area contributed by atoms with E-state index in [-0.39, 0.29) is 0 Å². The van der Waals surface area contributed by atoms with Crippen LogP contribution in [0.5, 0.6) is 23.0 Å². The Balaban J connectivity index is 2.17. The quantitative estimate of drug-likeness (QED) is 0.510. The maximum atomic E-state index is 6.10. The van der Waals surface area contributed by atoms with Gasteiger partial charge in [-0.25, -0.2) is 0 Å². The van der Waals surface area contributed by atoms with Crippen molar-refractivity contribution in [1.29, 1.82) is 0 Å². The van der Waals surface area contributed by atoms with Crippen molar-refractivity contribution in [3.8, 4) is 23.0 Å². The van der Waals surface area contributed by atoms with E-state index in [1.807, 2.05) is 25.1 Å². The Morgan fingerprint density at radius 2 is 1.65 bits per heavy atom. The molecule has 0 aliphatic carbocycles. The molecule has 0 saturated heterocycles. The second kappa shape index (κ2) is 9.77. The van der Waals surface area contributed by atoms with E-state index in [2.05, 4.69) is 10.5 Å². The number of rotatable bonds is 9. The first-order valence-electron chi connectivity index (χ1n) is 8.14. The molecule has 0 aliphatic heterocycles. The molecule has 0 bridgehead atoms. The highest BCUT2D eigenvalue weighted by Crippen LogP contribution is 2.38. The van der Waals surface area contributed by atoms with Crippen molar-refractivity contribution in [2.45, 2.75) is 13.3 Å². The van der Waals surface area contributed by atoms with Gasteiger partial charge in [-0.05, 0) is 36.8 Å². The molecule has 2 aromatic rings. The zero-order valence-electron chi connectivity index (χ0n) is 15.3. The Morgan fingerprint density at radius 1 is 1.00 bits per heavy atom. The molecular weight excluding hydrogens is 356 g/mol. The summed E-state index contributed by atoms with van der Waals surface area (Å²) in [5.41, 5.74) is 4.47. The number of methoxy groups -OCH3 is 3. The molecule has 0 aliphatic rings. The number of benzene rings is 2. The van der Waals surface area contributed by atoms with Gasteiger partial charge in [0.2, 0.25) is 5.75 Å². The van der Waals surface area contributed by atoms with Crippen molar-refractivity contribution in [3.63, 3.8) is 0 Å². The summed E-state index contributed by atoms with van der Waals surface area (Å²) in [5, 5.41) is 4.73. The van der Waals surface area contributed by atoms with Crippen LogP contribution in [0.15, 0.2) is 35.4 Å². The molecule has 0 heterocycles. The Kier molecular flexibility index (Phi) is 7.41. The molecule has 0 amide bonds. The summed E-state index contributed by atoms with van der Waals surface area (Å²) in [4.78, 5) is 0. The number of hydrogen-bond donors (Lipinski definition) is 1. The van der Waals surface area contributed by atoms with Gasteiger partial charge in [-0.1, -0.05) is 18.5 Å². The van der Waals surface area contributed by atoms with Crippen molar-refractivity contribution in [1.82, 2.24) is 0 Å². The van der Waals surface area contributed by atoms with Crippen LogP contribution < -0.4 is 24.4 Å². The van der Waals surface area contributed by atoms with Gasteiger partial charge in [-0.3, -0.25) is 5.43 Å². The summed E-state index contributed by atoms with van der Waals surface area (Å²) < 4.78 is 21.7. The van der Waals surface area contributed by atoms with Crippen LogP contribution in [0.2, 0.25) is 5.02 Å². The van der Waals surface area contributed by atoms with Gasteiger partial charge in [0.25, 0.3) is 0 Å². The van der Waals surface area contributed by atoms with E-state index in [1.54, 1.807) is 39.7 Å². The van der Waals surface area contributed by atoms with Crippen molar-refractivity contribution < 1.29 is 18.9 Å². The molecule has 140 valence electrons. The molecule has 7 heteroatoms. The number of nitrogens with one attached hydrogen (secondary N) is 1. The minimum atomic E-state index is 0.508. The molecular formula is C19H23ClN2O4. The second-order valence-electron chi connectivity index (χ2n) is 5.32. The second-order valence-corrected chi connectivity index (χ2v) is 5.73. The predicted molar refractivity (Wildman–Crippen MR) is 105 cm³/mol. The van der Waals surface area contributed by atoms with E-state index in [9.17, 15) is 0 Å². The molecule has 0 spiro atoms. The van der Waals surface area contributed by atoms with E-state index in [4.69, 9.17) is 30.5 Å². The fourth-order valence-electron chi connectivity index (χ4n) is 2.24. The van der Waals surface area contributed by atoms with Crippen LogP contribution in [-0.4, -0.2) is 34.2 Å². The monoisotopic (exact) mass is 378 g/mol. The molecule has 0 fully saturated rings. The molecule has 2 rings (SSSR count). The lowest BCUT2D eigenvalue weighted by molar-refractivity contribution is 0.275. The van der Waals surface area contributed by atoms with Crippen molar-refractivity contribution in [2.75, 3.05) is 33.4 Å². The number of halogens is 1. The largest absolute Gasteiger partial charge is 0.495 e. The zero-order valence-corrected chi connectivity index (χ0v) is 16.1. The average molecular weight is 379 g/mol. The zero-order chi connectivity index (χ0) is 18.9. The van der Waals surface area contributed by atoms with Crippen LogP contribution >= 0.6 is 11.6 Å². The van der Waals surface area contributed by atoms with Crippen LogP contribution in [0.1, 0.15) is 18.9 Å². The third kappa shape index (κ3) is 4.95. The van der Waals surface area contributed by atoms with Gasteiger partial charge in [0.15, 0.2) is 11.5 Å². The van der Waals surface area contributed by atoms with E-state index in [0.717, 1.165) is 17.7 Å². The summed E-state index contributed by atoms with van der Waals surface area (Å²) in [5.74, 6) is 2.38. The topological polar surface area (TPSA) is 61.3 Å². The molecule has 0 aromatic heterocycles. The third-order valence-corrected chi connectivity index (χ3v) is 3.79. The van der Waals surface area contributed by atoms with Gasteiger partial charge in [0.05, 0.1) is 44.9 Å². The van der Waals surface area contributed by atoms with Crippen LogP contribution in [-0.2, 0) is 0 Å². The van der Waals surface area contributed by atoms with Gasteiger partial charge in [-0.15, -0.1) is 0 Å². The maximum Gasteiger partial charge on any atom is 0.203 e. The molecule has 0 radical (unpaired) electrons. The smallest absolute Gasteiger partial charge is 0.203 e. The molecule has 6 nitrogen and oxygen atoms in total. The van der Waals surface area contributed by atoms with Crippen LogP contribution in [0, 0.1) is 0 Å². The summed E-state index contributed by atoms with van der Waals surface area (Å²) in [6.07, 6.45) is 2.55. The van der Waals surface area contributed by atoms with E-state index < -0.39 is 0 Å². The van der Waals surface area contributed by atoms with Gasteiger partial charge < -0.3 is 18.9 Å². The van der Waals surface area contributed by atoms with E-state index in [0.29, 0.717) is 34.6 Å². The Labute approximate surface area is 158 Å². The first-order chi connectivity index (χ1) is 12.6. The number of anilines is 1. The maximum absolute atomic E-state index is 6.10. The van der Waals surface area contributed by atoms with Gasteiger partial charge in [0.1, 0.15) is 5.75 Å². The highest BCUT2D eigenvalue weighted by molar-refractivity contribution is 6.32. The van der Waals surface area contributed by atoms with E-state index in [1.165, 1.54) is 0 Å². The molecule has 0 saturated carbocycles. The summed E-state index contributed by atoms with van der Waals surface area (Å²) in [7, 11) is 4.75. The summed E-state index contributed by atoms with van der Waals surface area (Å²) in [6, 6.07) is 9.00. The molecule has 26 heavy (non-hydrogen) atoms. The molecule has 0 atom stereocenters. The average Bonchev–Trinajstić information content (AvgIpc) is 2.66. The van der Waals surface area contributed by atoms with Crippen LogP contribution in [0.3, 0.4) is 0 Å². The first-order valence-corrected chi connectivity index (χ1v) is 8.52. The Hall–Kier alpha value is -2.60. The first kappa shape index (κ1) is 19.7. The highest BCUT2D eigenvalue weighted by Gasteiger charge is 2.13. The van der Waals surface area contributed by atoms with Crippen LogP contribution in [0.25, 0.3) is 0 Å². The lowest BCUT2D eigenvalue weighted by Gasteiger charge is -2.14. The predicted octanol–water partition coefficient (Wildman–Crippen LogP) is 4.60. The summed E-state index contributed by atoms with van der Waals surface area (Å²) >= 11 is 6.10. The van der Waals surface area contributed by atoms with Crippen LogP contribution in [0.4, 0.5) is 5.69 Å². The molecule has 0 unspecified atom stereocenters. The van der Waals surface area contributed by atoms with Crippen molar-refractivity contribution >= 4 is 23.5 Å². The molecule has 1 N–H and O–H groups in total. The van der Waals surface area contributed by atoms with E-state index >= 15 is 0 Å². The van der Waals surface area contributed by atoms with Gasteiger partial charge >= 0.3 is 0 Å². The number of hydrazone groups is 1. The highest BCUT2D eigenvalue weighted by atomic mass is 35.5. The van der Waals surface area contributed by atoms with Crippen molar-refractivity contribution in [3.05, 3.63) is 40.9 Å². The molecule has 2 aromatic carbocycles. The SMILES string of the molecule is CCCOc1c(OC)cc(/C=N/Nc2ccc(OC)c(Cl)c2)cc1OC. The minimum absolute atomic E-state index is 0.508.